The number of aryl methyl sites for hydroxylation is 1. The molecule has 0 aliphatic heterocycles. The molecule has 11 heteroatoms. The number of nitro benzene ring substituents is 1. The van der Waals surface area contributed by atoms with Crippen LogP contribution in [0.3, 0.4) is 0 Å². The fourth-order valence-corrected chi connectivity index (χ4v) is 3.64. The first-order valence-electron chi connectivity index (χ1n) is 11.1. The van der Waals surface area contributed by atoms with E-state index in [1.807, 2.05) is 24.3 Å². The predicted molar refractivity (Wildman–Crippen MR) is 128 cm³/mol. The van der Waals surface area contributed by atoms with Crippen molar-refractivity contribution in [3.8, 4) is 6.07 Å². The van der Waals surface area contributed by atoms with E-state index in [1.54, 1.807) is 6.92 Å². The number of hydrogen-bond donors (Lipinski definition) is 1. The van der Waals surface area contributed by atoms with Gasteiger partial charge in [-0.3, -0.25) is 10.1 Å². The molecule has 3 rings (SSSR count). The second-order valence-electron chi connectivity index (χ2n) is 8.16. The van der Waals surface area contributed by atoms with Crippen LogP contribution in [0.25, 0.3) is 0 Å². The van der Waals surface area contributed by atoms with Gasteiger partial charge in [0, 0.05) is 18.6 Å². The van der Waals surface area contributed by atoms with Gasteiger partial charge in [-0.1, -0.05) is 37.6 Å². The van der Waals surface area contributed by atoms with Gasteiger partial charge >= 0.3 is 6.18 Å². The second-order valence-corrected chi connectivity index (χ2v) is 8.16. The Balaban J connectivity index is 1.95. The van der Waals surface area contributed by atoms with E-state index in [1.165, 1.54) is 5.56 Å². The first-order chi connectivity index (χ1) is 17.0. The Morgan fingerprint density at radius 3 is 2.39 bits per heavy atom. The highest BCUT2D eigenvalue weighted by atomic mass is 19.4. The second kappa shape index (κ2) is 10.9. The predicted octanol–water partition coefficient (Wildman–Crippen LogP) is 7.12. The molecule has 0 atom stereocenters. The van der Waals surface area contributed by atoms with E-state index in [0.29, 0.717) is 23.7 Å². The molecule has 0 amide bonds. The van der Waals surface area contributed by atoms with Crippen LogP contribution in [0.2, 0.25) is 0 Å². The van der Waals surface area contributed by atoms with E-state index < -0.39 is 28.0 Å². The quantitative estimate of drug-likeness (QED) is 0.201. The van der Waals surface area contributed by atoms with E-state index in [2.05, 4.69) is 28.2 Å². The molecule has 0 bridgehead atoms. The van der Waals surface area contributed by atoms with Crippen molar-refractivity contribution in [2.75, 3.05) is 5.73 Å². The van der Waals surface area contributed by atoms with Gasteiger partial charge in [-0.25, -0.2) is 4.98 Å². The number of nitriles is 1. The number of rotatable bonds is 8. The number of non-ortho nitro benzene ring substituents is 1. The Hall–Kier alpha value is -4.33. The third-order valence-electron chi connectivity index (χ3n) is 5.60. The minimum absolute atomic E-state index is 0.0447. The lowest BCUT2D eigenvalue weighted by atomic mass is 9.99. The van der Waals surface area contributed by atoms with E-state index in [9.17, 15) is 28.5 Å². The average Bonchev–Trinajstić information content (AvgIpc) is 2.83. The number of benzene rings is 2. The highest BCUT2D eigenvalue weighted by molar-refractivity contribution is 5.68. The van der Waals surface area contributed by atoms with Crippen molar-refractivity contribution >= 4 is 22.9 Å². The summed E-state index contributed by atoms with van der Waals surface area (Å²) in [6.07, 6.45) is -1.39. The van der Waals surface area contributed by atoms with Crippen LogP contribution in [0.5, 0.6) is 0 Å². The van der Waals surface area contributed by atoms with E-state index in [-0.39, 0.29) is 17.1 Å². The molecule has 2 aromatic carbocycles. The number of hydrogen-bond acceptors (Lipinski definition) is 7. The number of nitrogen functional groups attached to an aromatic ring is 1. The van der Waals surface area contributed by atoms with Gasteiger partial charge in [-0.15, -0.1) is 10.2 Å². The number of pyridine rings is 1. The normalized spacial score (nSPS) is 11.6. The van der Waals surface area contributed by atoms with E-state index in [0.717, 1.165) is 37.0 Å². The van der Waals surface area contributed by atoms with Crippen LogP contribution in [0.15, 0.2) is 52.7 Å². The summed E-state index contributed by atoms with van der Waals surface area (Å²) in [5, 5.41) is 28.1. The maximum atomic E-state index is 13.4. The maximum Gasteiger partial charge on any atom is 0.418 e. The Morgan fingerprint density at radius 1 is 1.14 bits per heavy atom. The third-order valence-corrected chi connectivity index (χ3v) is 5.60. The minimum Gasteiger partial charge on any atom is -0.382 e. The zero-order valence-corrected chi connectivity index (χ0v) is 19.6. The third kappa shape index (κ3) is 6.02. The molecule has 1 heterocycles. The topological polar surface area (TPSA) is 131 Å². The molecular weight excluding hydrogens is 473 g/mol. The fourth-order valence-electron chi connectivity index (χ4n) is 3.64. The number of anilines is 1. The van der Waals surface area contributed by atoms with Crippen LogP contribution in [0, 0.1) is 28.4 Å². The summed E-state index contributed by atoms with van der Waals surface area (Å²) in [6.45, 7) is 3.68. The monoisotopic (exact) mass is 496 g/mol. The molecule has 2 N–H and O–H groups in total. The summed E-state index contributed by atoms with van der Waals surface area (Å²) < 4.78 is 40.3. The van der Waals surface area contributed by atoms with Gasteiger partial charge in [0.1, 0.15) is 11.8 Å². The first kappa shape index (κ1) is 26.3. The SMILES string of the molecule is CCCCc1ccc(Cc2nc(N)c(N=Nc3ccc([N+](=O)[O-])cc3C(F)(F)F)c(C)c2C#N)cc1. The molecule has 0 aliphatic carbocycles. The van der Waals surface area contributed by atoms with Crippen LogP contribution in [-0.2, 0) is 19.0 Å². The minimum atomic E-state index is -4.90. The Kier molecular flexibility index (Phi) is 7.99. The average molecular weight is 496 g/mol. The molecule has 0 saturated heterocycles. The number of alkyl halides is 3. The lowest BCUT2D eigenvalue weighted by Crippen LogP contribution is -2.06. The number of azo groups is 1. The van der Waals surface area contributed by atoms with Crippen molar-refractivity contribution in [1.82, 2.24) is 4.98 Å². The lowest BCUT2D eigenvalue weighted by molar-refractivity contribution is -0.385. The van der Waals surface area contributed by atoms with Crippen LogP contribution >= 0.6 is 0 Å². The summed E-state index contributed by atoms with van der Waals surface area (Å²) in [4.78, 5) is 14.2. The van der Waals surface area contributed by atoms with Crippen LogP contribution in [0.1, 0.15) is 53.3 Å². The van der Waals surface area contributed by atoms with E-state index >= 15 is 0 Å². The number of nitrogens with two attached hydrogens (primary N) is 1. The van der Waals surface area contributed by atoms with Crippen molar-refractivity contribution in [2.24, 2.45) is 10.2 Å². The summed E-state index contributed by atoms with van der Waals surface area (Å²) >= 11 is 0. The Labute approximate surface area is 205 Å². The highest BCUT2D eigenvalue weighted by Crippen LogP contribution is 2.40. The van der Waals surface area contributed by atoms with Gasteiger partial charge in [0.15, 0.2) is 5.82 Å². The number of unbranched alkanes of at least 4 members (excludes halogenated alkanes) is 1. The summed E-state index contributed by atoms with van der Waals surface area (Å²) in [7, 11) is 0. The zero-order valence-electron chi connectivity index (χ0n) is 19.6. The molecule has 186 valence electrons. The summed E-state index contributed by atoms with van der Waals surface area (Å²) in [5.41, 5.74) is 6.40. The summed E-state index contributed by atoms with van der Waals surface area (Å²) in [5.74, 6) is -0.0970. The molecule has 0 aliphatic rings. The molecule has 0 fully saturated rings. The number of nitrogens with zero attached hydrogens (tertiary/aromatic N) is 5. The largest absolute Gasteiger partial charge is 0.418 e. The Bertz CT molecular complexity index is 1350. The molecule has 1 aromatic heterocycles. The van der Waals surface area contributed by atoms with Crippen molar-refractivity contribution in [2.45, 2.75) is 45.7 Å². The lowest BCUT2D eigenvalue weighted by Gasteiger charge is -2.12. The summed E-state index contributed by atoms with van der Waals surface area (Å²) in [6, 6.07) is 12.2. The van der Waals surface area contributed by atoms with Gasteiger partial charge in [-0.05, 0) is 42.5 Å². The zero-order chi connectivity index (χ0) is 26.5. The van der Waals surface area contributed by atoms with Gasteiger partial charge in [-0.2, -0.15) is 18.4 Å². The highest BCUT2D eigenvalue weighted by Gasteiger charge is 2.35. The molecule has 3 aromatic rings. The number of aromatic nitrogens is 1. The molecule has 0 spiro atoms. The van der Waals surface area contributed by atoms with Crippen LogP contribution in [-0.4, -0.2) is 9.91 Å². The van der Waals surface area contributed by atoms with Crippen LogP contribution < -0.4 is 5.73 Å². The molecule has 8 nitrogen and oxygen atoms in total. The molecule has 0 radical (unpaired) electrons. The van der Waals surface area contributed by atoms with Crippen LogP contribution in [0.4, 0.5) is 36.1 Å². The Morgan fingerprint density at radius 2 is 1.81 bits per heavy atom. The molecule has 36 heavy (non-hydrogen) atoms. The molecule has 0 saturated carbocycles. The van der Waals surface area contributed by atoms with Crippen molar-refractivity contribution in [3.05, 3.63) is 86.1 Å². The number of nitro groups is 1. The van der Waals surface area contributed by atoms with Crippen molar-refractivity contribution < 1.29 is 18.1 Å². The molecule has 0 unspecified atom stereocenters. The number of halogens is 3. The van der Waals surface area contributed by atoms with Gasteiger partial charge in [0.25, 0.3) is 5.69 Å². The van der Waals surface area contributed by atoms with Gasteiger partial charge in [0.2, 0.25) is 0 Å². The van der Waals surface area contributed by atoms with Gasteiger partial charge < -0.3 is 5.73 Å². The fraction of sp³-hybridized carbons (Fsp3) is 0.280. The molecular formula is C25H23F3N6O2. The first-order valence-corrected chi connectivity index (χ1v) is 11.1. The van der Waals surface area contributed by atoms with Crippen molar-refractivity contribution in [1.29, 1.82) is 5.26 Å². The maximum absolute atomic E-state index is 13.4. The van der Waals surface area contributed by atoms with Gasteiger partial charge in [0.05, 0.1) is 27.4 Å². The smallest absolute Gasteiger partial charge is 0.382 e. The van der Waals surface area contributed by atoms with Crippen molar-refractivity contribution in [3.63, 3.8) is 0 Å². The van der Waals surface area contributed by atoms with E-state index in [4.69, 9.17) is 5.73 Å². The standard InChI is InChI=1S/C25H23F3N6O2/c1-3-4-5-16-6-8-17(9-7-16)12-22-19(14-29)15(2)23(24(30)31-22)33-32-21-11-10-18(34(35)36)13-20(21)25(26,27)28/h6-11,13H,3-5,12H2,1-2H3,(H2,30,31).